The monoisotopic (exact) mass is 210 g/mol. The molecular formula is C11H14O4. The first kappa shape index (κ1) is 11.5. The molecule has 82 valence electrons. The quantitative estimate of drug-likeness (QED) is 0.737. The molecule has 0 aromatic heterocycles. The average molecular weight is 210 g/mol. The molecule has 15 heavy (non-hydrogen) atoms. The SMILES string of the molecule is CCC(=O)OC(CO)c1ccc(O)cc1. The van der Waals surface area contributed by atoms with E-state index in [1.165, 1.54) is 12.1 Å². The third kappa shape index (κ3) is 3.25. The Balaban J connectivity index is 2.74. The van der Waals surface area contributed by atoms with E-state index in [1.54, 1.807) is 19.1 Å². The molecule has 0 aliphatic heterocycles. The first-order valence-corrected chi connectivity index (χ1v) is 4.76. The molecule has 1 aromatic rings. The van der Waals surface area contributed by atoms with Crippen molar-refractivity contribution in [2.75, 3.05) is 6.61 Å². The Hall–Kier alpha value is -1.55. The highest BCUT2D eigenvalue weighted by atomic mass is 16.6. The van der Waals surface area contributed by atoms with Gasteiger partial charge in [0.15, 0.2) is 0 Å². The Bertz CT molecular complexity index is 318. The lowest BCUT2D eigenvalue weighted by atomic mass is 10.1. The van der Waals surface area contributed by atoms with Gasteiger partial charge in [0.2, 0.25) is 0 Å². The second-order valence-corrected chi connectivity index (χ2v) is 3.11. The Morgan fingerprint density at radius 1 is 1.40 bits per heavy atom. The summed E-state index contributed by atoms with van der Waals surface area (Å²) in [6.07, 6.45) is -0.382. The lowest BCUT2D eigenvalue weighted by Gasteiger charge is -2.15. The lowest BCUT2D eigenvalue weighted by molar-refractivity contribution is -0.151. The van der Waals surface area contributed by atoms with E-state index in [0.717, 1.165) is 0 Å². The van der Waals surface area contributed by atoms with Gasteiger partial charge in [-0.05, 0) is 17.7 Å². The highest BCUT2D eigenvalue weighted by Gasteiger charge is 2.14. The van der Waals surface area contributed by atoms with Crippen LogP contribution in [-0.2, 0) is 9.53 Å². The van der Waals surface area contributed by atoms with Crippen LogP contribution >= 0.6 is 0 Å². The largest absolute Gasteiger partial charge is 0.508 e. The number of aromatic hydroxyl groups is 1. The van der Waals surface area contributed by atoms with Gasteiger partial charge in [-0.3, -0.25) is 4.79 Å². The maximum absolute atomic E-state index is 11.0. The van der Waals surface area contributed by atoms with E-state index in [4.69, 9.17) is 14.9 Å². The summed E-state index contributed by atoms with van der Waals surface area (Å²) in [6, 6.07) is 6.19. The van der Waals surface area contributed by atoms with Gasteiger partial charge in [0.1, 0.15) is 11.9 Å². The molecular weight excluding hydrogens is 196 g/mol. The van der Waals surface area contributed by atoms with Gasteiger partial charge in [0, 0.05) is 6.42 Å². The second-order valence-electron chi connectivity index (χ2n) is 3.11. The van der Waals surface area contributed by atoms with Crippen molar-refractivity contribution in [3.05, 3.63) is 29.8 Å². The molecule has 1 aromatic carbocycles. The average Bonchev–Trinajstić information content (AvgIpc) is 2.27. The summed E-state index contributed by atoms with van der Waals surface area (Å²) in [5.74, 6) is -0.223. The molecule has 1 rings (SSSR count). The maximum Gasteiger partial charge on any atom is 0.306 e. The van der Waals surface area contributed by atoms with Gasteiger partial charge < -0.3 is 14.9 Å². The van der Waals surface area contributed by atoms with Crippen molar-refractivity contribution in [2.24, 2.45) is 0 Å². The third-order valence-corrected chi connectivity index (χ3v) is 1.99. The molecule has 0 saturated carbocycles. The highest BCUT2D eigenvalue weighted by molar-refractivity contribution is 5.69. The smallest absolute Gasteiger partial charge is 0.306 e. The fourth-order valence-corrected chi connectivity index (χ4v) is 1.14. The summed E-state index contributed by atoms with van der Waals surface area (Å²) in [6.45, 7) is 1.42. The van der Waals surface area contributed by atoms with Crippen LogP contribution in [0.25, 0.3) is 0 Å². The zero-order chi connectivity index (χ0) is 11.3. The van der Waals surface area contributed by atoms with E-state index >= 15 is 0 Å². The van der Waals surface area contributed by atoms with Crippen LogP contribution < -0.4 is 0 Å². The molecule has 1 unspecified atom stereocenters. The second kappa shape index (κ2) is 5.36. The Kier molecular flexibility index (Phi) is 4.12. The number of aliphatic hydroxyl groups excluding tert-OH is 1. The van der Waals surface area contributed by atoms with E-state index in [1.807, 2.05) is 0 Å². The number of phenols is 1. The first-order chi connectivity index (χ1) is 7.17. The molecule has 0 aliphatic carbocycles. The Morgan fingerprint density at radius 2 is 2.00 bits per heavy atom. The molecule has 0 heterocycles. The van der Waals surface area contributed by atoms with Crippen molar-refractivity contribution in [3.63, 3.8) is 0 Å². The van der Waals surface area contributed by atoms with Crippen molar-refractivity contribution in [1.82, 2.24) is 0 Å². The summed E-state index contributed by atoms with van der Waals surface area (Å²) >= 11 is 0. The normalized spacial score (nSPS) is 12.1. The predicted molar refractivity (Wildman–Crippen MR) is 54.3 cm³/mol. The van der Waals surface area contributed by atoms with E-state index < -0.39 is 6.10 Å². The summed E-state index contributed by atoms with van der Waals surface area (Å²) in [4.78, 5) is 11.0. The molecule has 0 spiro atoms. The molecule has 0 amide bonds. The Morgan fingerprint density at radius 3 is 2.47 bits per heavy atom. The molecule has 0 saturated heterocycles. The number of aliphatic hydroxyl groups is 1. The number of esters is 1. The van der Waals surface area contributed by atoms with Crippen LogP contribution in [0.15, 0.2) is 24.3 Å². The summed E-state index contributed by atoms with van der Waals surface area (Å²) in [5.41, 5.74) is 0.664. The number of hydrogen-bond donors (Lipinski definition) is 2. The van der Waals surface area contributed by atoms with Crippen molar-refractivity contribution in [3.8, 4) is 5.75 Å². The van der Waals surface area contributed by atoms with Crippen molar-refractivity contribution >= 4 is 5.97 Å². The number of rotatable bonds is 4. The number of benzene rings is 1. The van der Waals surface area contributed by atoms with Crippen LogP contribution in [0.4, 0.5) is 0 Å². The number of carbonyl (C=O) groups excluding carboxylic acids is 1. The highest BCUT2D eigenvalue weighted by Crippen LogP contribution is 2.20. The van der Waals surface area contributed by atoms with Crippen molar-refractivity contribution in [1.29, 1.82) is 0 Å². The fourth-order valence-electron chi connectivity index (χ4n) is 1.14. The molecule has 2 N–H and O–H groups in total. The van der Waals surface area contributed by atoms with Gasteiger partial charge >= 0.3 is 5.97 Å². The van der Waals surface area contributed by atoms with Crippen LogP contribution in [0.3, 0.4) is 0 Å². The van der Waals surface area contributed by atoms with Crippen molar-refractivity contribution in [2.45, 2.75) is 19.4 Å². The van der Waals surface area contributed by atoms with Gasteiger partial charge in [-0.15, -0.1) is 0 Å². The van der Waals surface area contributed by atoms with Crippen LogP contribution in [0.2, 0.25) is 0 Å². The number of ether oxygens (including phenoxy) is 1. The van der Waals surface area contributed by atoms with Crippen LogP contribution in [0.5, 0.6) is 5.75 Å². The van der Waals surface area contributed by atoms with E-state index in [2.05, 4.69) is 0 Å². The number of phenolic OH excluding ortho intramolecular Hbond substituents is 1. The van der Waals surface area contributed by atoms with Crippen molar-refractivity contribution < 1.29 is 19.7 Å². The standard InChI is InChI=1S/C11H14O4/c1-2-11(14)15-10(7-12)8-3-5-9(13)6-4-8/h3-6,10,12-13H,2,7H2,1H3. The van der Waals surface area contributed by atoms with E-state index in [9.17, 15) is 4.79 Å². The Labute approximate surface area is 88.1 Å². The number of carbonyl (C=O) groups is 1. The fraction of sp³-hybridized carbons (Fsp3) is 0.364. The molecule has 4 heteroatoms. The van der Waals surface area contributed by atoms with Gasteiger partial charge in [-0.1, -0.05) is 19.1 Å². The molecule has 4 nitrogen and oxygen atoms in total. The summed E-state index contributed by atoms with van der Waals surface area (Å²) < 4.78 is 5.00. The van der Waals surface area contributed by atoms with Crippen LogP contribution in [-0.4, -0.2) is 22.8 Å². The van der Waals surface area contributed by atoms with Crippen LogP contribution in [0, 0.1) is 0 Å². The van der Waals surface area contributed by atoms with Crippen LogP contribution in [0.1, 0.15) is 25.0 Å². The zero-order valence-electron chi connectivity index (χ0n) is 8.51. The topological polar surface area (TPSA) is 66.8 Å². The minimum Gasteiger partial charge on any atom is -0.508 e. The first-order valence-electron chi connectivity index (χ1n) is 4.76. The molecule has 0 fully saturated rings. The maximum atomic E-state index is 11.0. The summed E-state index contributed by atoms with van der Waals surface area (Å²) in [5, 5.41) is 18.1. The molecule has 1 atom stereocenters. The summed E-state index contributed by atoms with van der Waals surface area (Å²) in [7, 11) is 0. The lowest BCUT2D eigenvalue weighted by Crippen LogP contribution is -2.13. The zero-order valence-corrected chi connectivity index (χ0v) is 8.51. The minimum atomic E-state index is -0.655. The third-order valence-electron chi connectivity index (χ3n) is 1.99. The molecule has 0 aliphatic rings. The van der Waals surface area contributed by atoms with E-state index in [0.29, 0.717) is 5.56 Å². The predicted octanol–water partition coefficient (Wildman–Crippen LogP) is 1.38. The minimum absolute atomic E-state index is 0.136. The van der Waals surface area contributed by atoms with E-state index in [-0.39, 0.29) is 24.7 Å². The molecule has 0 bridgehead atoms. The van der Waals surface area contributed by atoms with Gasteiger partial charge in [0.05, 0.1) is 6.61 Å². The molecule has 0 radical (unpaired) electrons. The van der Waals surface area contributed by atoms with Gasteiger partial charge in [-0.25, -0.2) is 0 Å². The van der Waals surface area contributed by atoms with Gasteiger partial charge in [-0.2, -0.15) is 0 Å². The van der Waals surface area contributed by atoms with Gasteiger partial charge in [0.25, 0.3) is 0 Å². The number of hydrogen-bond acceptors (Lipinski definition) is 4.